The summed E-state index contributed by atoms with van der Waals surface area (Å²) in [4.78, 5) is 18.2. The molecule has 1 saturated heterocycles. The van der Waals surface area contributed by atoms with Crippen LogP contribution in [0.1, 0.15) is 12.7 Å². The summed E-state index contributed by atoms with van der Waals surface area (Å²) < 4.78 is 5.32. The molecule has 0 spiro atoms. The third-order valence-electron chi connectivity index (χ3n) is 4.68. The van der Waals surface area contributed by atoms with E-state index in [0.717, 1.165) is 38.7 Å². The first-order chi connectivity index (χ1) is 14.3. The van der Waals surface area contributed by atoms with Crippen LogP contribution < -0.4 is 10.2 Å². The molecule has 4 rings (SSSR count). The standard InChI is InChI=1S/C20H25N7OS/c1-2-21-20(27-13-11-26(12-14-27)18-7-5-15-29-18)23-10-8-17-24-19(28-25-17)16-6-3-4-9-22-16/h3-7,9,15H,2,8,10-14H2,1H3,(H,21,23). The van der Waals surface area contributed by atoms with Crippen molar-refractivity contribution in [2.75, 3.05) is 44.2 Å². The maximum absolute atomic E-state index is 5.32. The number of hydrogen-bond donors (Lipinski definition) is 1. The number of nitrogens with one attached hydrogen (secondary N) is 1. The van der Waals surface area contributed by atoms with Gasteiger partial charge in [-0.3, -0.25) is 9.98 Å². The zero-order valence-corrected chi connectivity index (χ0v) is 17.3. The summed E-state index contributed by atoms with van der Waals surface area (Å²) in [5.74, 6) is 2.04. The van der Waals surface area contributed by atoms with Gasteiger partial charge in [0.1, 0.15) is 5.69 Å². The lowest BCUT2D eigenvalue weighted by molar-refractivity contribution is 0.373. The minimum atomic E-state index is 0.446. The van der Waals surface area contributed by atoms with E-state index in [2.05, 4.69) is 54.7 Å². The molecule has 0 aliphatic carbocycles. The van der Waals surface area contributed by atoms with Crippen molar-refractivity contribution >= 4 is 22.3 Å². The Balaban J connectivity index is 1.33. The van der Waals surface area contributed by atoms with Crippen molar-refractivity contribution in [2.24, 2.45) is 4.99 Å². The van der Waals surface area contributed by atoms with Crippen LogP contribution in [0.25, 0.3) is 11.6 Å². The van der Waals surface area contributed by atoms with E-state index in [9.17, 15) is 0 Å². The van der Waals surface area contributed by atoms with Gasteiger partial charge in [-0.1, -0.05) is 11.2 Å². The lowest BCUT2D eigenvalue weighted by Crippen LogP contribution is -2.52. The number of anilines is 1. The molecule has 0 bridgehead atoms. The third-order valence-corrected chi connectivity index (χ3v) is 5.61. The fourth-order valence-corrected chi connectivity index (χ4v) is 4.01. The first kappa shape index (κ1) is 19.4. The van der Waals surface area contributed by atoms with Gasteiger partial charge in [0.15, 0.2) is 11.8 Å². The molecule has 1 fully saturated rings. The number of pyridine rings is 1. The number of aliphatic imine (C=N–C) groups is 1. The van der Waals surface area contributed by atoms with Gasteiger partial charge in [0, 0.05) is 51.9 Å². The van der Waals surface area contributed by atoms with Crippen molar-refractivity contribution in [3.8, 4) is 11.6 Å². The van der Waals surface area contributed by atoms with Crippen molar-refractivity contribution in [3.05, 3.63) is 47.7 Å². The van der Waals surface area contributed by atoms with Crippen molar-refractivity contribution < 1.29 is 4.52 Å². The number of hydrogen-bond acceptors (Lipinski definition) is 7. The van der Waals surface area contributed by atoms with E-state index in [4.69, 9.17) is 9.52 Å². The van der Waals surface area contributed by atoms with Crippen LogP contribution in [0.15, 0.2) is 51.4 Å². The molecule has 0 radical (unpaired) electrons. The molecule has 9 heteroatoms. The van der Waals surface area contributed by atoms with E-state index in [1.165, 1.54) is 5.00 Å². The van der Waals surface area contributed by atoms with Crippen LogP contribution in [-0.4, -0.2) is 65.3 Å². The van der Waals surface area contributed by atoms with Crippen LogP contribution in [0.3, 0.4) is 0 Å². The van der Waals surface area contributed by atoms with Gasteiger partial charge in [-0.2, -0.15) is 4.98 Å². The maximum atomic E-state index is 5.32. The largest absolute Gasteiger partial charge is 0.360 e. The Hall–Kier alpha value is -2.94. The summed E-state index contributed by atoms with van der Waals surface area (Å²) in [6.07, 6.45) is 2.34. The molecule has 1 aliphatic rings. The Labute approximate surface area is 174 Å². The number of rotatable bonds is 6. The zero-order chi connectivity index (χ0) is 19.9. The zero-order valence-electron chi connectivity index (χ0n) is 16.5. The Morgan fingerprint density at radius 1 is 1.21 bits per heavy atom. The van der Waals surface area contributed by atoms with Crippen LogP contribution in [0.4, 0.5) is 5.00 Å². The van der Waals surface area contributed by atoms with Crippen LogP contribution in [0.5, 0.6) is 0 Å². The third kappa shape index (κ3) is 4.92. The Kier molecular flexibility index (Phi) is 6.35. The van der Waals surface area contributed by atoms with Gasteiger partial charge < -0.3 is 19.6 Å². The Morgan fingerprint density at radius 2 is 2.10 bits per heavy atom. The summed E-state index contributed by atoms with van der Waals surface area (Å²) in [6, 6.07) is 9.91. The van der Waals surface area contributed by atoms with Gasteiger partial charge in [0.2, 0.25) is 0 Å². The fraction of sp³-hybridized carbons (Fsp3) is 0.400. The minimum absolute atomic E-state index is 0.446. The maximum Gasteiger partial charge on any atom is 0.276 e. The van der Waals surface area contributed by atoms with E-state index < -0.39 is 0 Å². The molecule has 8 nitrogen and oxygen atoms in total. The molecule has 1 aliphatic heterocycles. The molecular weight excluding hydrogens is 386 g/mol. The van der Waals surface area contributed by atoms with Crippen LogP contribution in [-0.2, 0) is 6.42 Å². The number of thiophene rings is 1. The summed E-state index contributed by atoms with van der Waals surface area (Å²) in [7, 11) is 0. The van der Waals surface area contributed by atoms with E-state index >= 15 is 0 Å². The van der Waals surface area contributed by atoms with E-state index in [1.807, 2.05) is 18.2 Å². The average molecular weight is 412 g/mol. The molecule has 3 aromatic rings. The summed E-state index contributed by atoms with van der Waals surface area (Å²) >= 11 is 1.80. The number of guanidine groups is 1. The summed E-state index contributed by atoms with van der Waals surface area (Å²) in [5, 5.41) is 10.9. The highest BCUT2D eigenvalue weighted by Crippen LogP contribution is 2.22. The van der Waals surface area contributed by atoms with Gasteiger partial charge in [0.05, 0.1) is 5.00 Å². The normalized spacial score (nSPS) is 15.0. The molecule has 0 unspecified atom stereocenters. The van der Waals surface area contributed by atoms with Gasteiger partial charge in [0.25, 0.3) is 5.89 Å². The van der Waals surface area contributed by atoms with E-state index in [1.54, 1.807) is 17.5 Å². The molecule has 152 valence electrons. The highest BCUT2D eigenvalue weighted by molar-refractivity contribution is 7.14. The summed E-state index contributed by atoms with van der Waals surface area (Å²) in [5.41, 5.74) is 0.687. The first-order valence-corrected chi connectivity index (χ1v) is 10.8. The van der Waals surface area contributed by atoms with Crippen LogP contribution in [0, 0.1) is 0 Å². The molecule has 0 atom stereocenters. The van der Waals surface area contributed by atoms with Gasteiger partial charge >= 0.3 is 0 Å². The lowest BCUT2D eigenvalue weighted by Gasteiger charge is -2.37. The topological polar surface area (TPSA) is 82.7 Å². The van der Waals surface area contributed by atoms with Gasteiger partial charge in [-0.05, 0) is 36.6 Å². The van der Waals surface area contributed by atoms with Gasteiger partial charge in [-0.15, -0.1) is 11.3 Å². The second-order valence-corrected chi connectivity index (χ2v) is 7.57. The minimum Gasteiger partial charge on any atom is -0.360 e. The van der Waals surface area contributed by atoms with Gasteiger partial charge in [-0.25, -0.2) is 0 Å². The number of aromatic nitrogens is 3. The number of nitrogens with zero attached hydrogens (tertiary/aromatic N) is 6. The monoisotopic (exact) mass is 411 g/mol. The van der Waals surface area contributed by atoms with Crippen LogP contribution >= 0.6 is 11.3 Å². The van der Waals surface area contributed by atoms with Crippen molar-refractivity contribution in [2.45, 2.75) is 13.3 Å². The highest BCUT2D eigenvalue weighted by Gasteiger charge is 2.20. The quantitative estimate of drug-likeness (QED) is 0.493. The smallest absolute Gasteiger partial charge is 0.276 e. The molecule has 1 N–H and O–H groups in total. The second kappa shape index (κ2) is 9.51. The first-order valence-electron chi connectivity index (χ1n) is 9.89. The van der Waals surface area contributed by atoms with E-state index in [0.29, 0.717) is 30.4 Å². The van der Waals surface area contributed by atoms with Crippen LogP contribution in [0.2, 0.25) is 0 Å². The van der Waals surface area contributed by atoms with Crippen molar-refractivity contribution in [3.63, 3.8) is 0 Å². The summed E-state index contributed by atoms with van der Waals surface area (Å²) in [6.45, 7) is 7.46. The Bertz CT molecular complexity index is 902. The molecule has 4 heterocycles. The predicted molar refractivity (Wildman–Crippen MR) is 115 cm³/mol. The van der Waals surface area contributed by atoms with Crippen molar-refractivity contribution in [1.29, 1.82) is 0 Å². The molecule has 0 amide bonds. The molecule has 0 saturated carbocycles. The number of piperazine rings is 1. The SMILES string of the molecule is CCNC(=NCCc1noc(-c2ccccn2)n1)N1CCN(c2cccs2)CC1. The molecule has 29 heavy (non-hydrogen) atoms. The molecule has 3 aromatic heterocycles. The molecule has 0 aromatic carbocycles. The fourth-order valence-electron chi connectivity index (χ4n) is 3.22. The second-order valence-electron chi connectivity index (χ2n) is 6.64. The van der Waals surface area contributed by atoms with E-state index in [-0.39, 0.29) is 0 Å². The predicted octanol–water partition coefficient (Wildman–Crippen LogP) is 2.52. The molecular formula is C20H25N7OS. The highest BCUT2D eigenvalue weighted by atomic mass is 32.1. The lowest BCUT2D eigenvalue weighted by atomic mass is 10.3. The Morgan fingerprint density at radius 3 is 2.83 bits per heavy atom. The average Bonchev–Trinajstić information content (AvgIpc) is 3.47. The van der Waals surface area contributed by atoms with Crippen molar-refractivity contribution in [1.82, 2.24) is 25.3 Å².